The zero-order valence-corrected chi connectivity index (χ0v) is 12.5. The largest absolute Gasteiger partial charge is 0.479 e. The van der Waals surface area contributed by atoms with Crippen LogP contribution in [-0.4, -0.2) is 17.0 Å². The van der Waals surface area contributed by atoms with Crippen LogP contribution in [0.25, 0.3) is 0 Å². The molecule has 1 aromatic heterocycles. The van der Waals surface area contributed by atoms with E-state index in [9.17, 15) is 10.1 Å². The molecule has 0 spiro atoms. The minimum absolute atomic E-state index is 0.00288. The van der Waals surface area contributed by atoms with Crippen LogP contribution in [0, 0.1) is 10.1 Å². The predicted octanol–water partition coefficient (Wildman–Crippen LogP) is 3.92. The average molecular weight is 328 g/mol. The van der Waals surface area contributed by atoms with Gasteiger partial charge in [-0.05, 0) is 18.2 Å². The lowest BCUT2D eigenvalue weighted by molar-refractivity contribution is -0.385. The lowest BCUT2D eigenvalue weighted by atomic mass is 10.3. The van der Waals surface area contributed by atoms with E-state index in [2.05, 4.69) is 10.3 Å². The predicted molar refractivity (Wildman–Crippen MR) is 81.2 cm³/mol. The summed E-state index contributed by atoms with van der Waals surface area (Å²) < 4.78 is 5.45. The fourth-order valence-electron chi connectivity index (χ4n) is 1.65. The fourth-order valence-corrected chi connectivity index (χ4v) is 2.03. The van der Waals surface area contributed by atoms with Gasteiger partial charge >= 0.3 is 5.69 Å². The van der Waals surface area contributed by atoms with E-state index in [0.29, 0.717) is 16.5 Å². The molecule has 0 radical (unpaired) electrons. The minimum Gasteiger partial charge on any atom is -0.479 e. The molecule has 0 fully saturated rings. The number of ether oxygens (including phenoxy) is 1. The van der Waals surface area contributed by atoms with Gasteiger partial charge in [-0.25, -0.2) is 4.98 Å². The van der Waals surface area contributed by atoms with Crippen molar-refractivity contribution in [3.05, 3.63) is 56.2 Å². The third kappa shape index (κ3) is 3.53. The molecule has 0 amide bonds. The Morgan fingerprint density at radius 1 is 1.29 bits per heavy atom. The van der Waals surface area contributed by atoms with Crippen molar-refractivity contribution in [2.24, 2.45) is 0 Å². The number of pyridine rings is 1. The van der Waals surface area contributed by atoms with Crippen LogP contribution >= 0.6 is 23.2 Å². The second-order valence-electron chi connectivity index (χ2n) is 4.01. The number of nitro groups is 1. The van der Waals surface area contributed by atoms with Crippen LogP contribution in [-0.2, 0) is 6.61 Å². The number of nitro benzene ring substituents is 1. The van der Waals surface area contributed by atoms with E-state index in [0.717, 1.165) is 0 Å². The van der Waals surface area contributed by atoms with Crippen LogP contribution in [0.15, 0.2) is 30.3 Å². The summed E-state index contributed by atoms with van der Waals surface area (Å²) in [6.45, 7) is -0.0288. The zero-order valence-electron chi connectivity index (χ0n) is 11.0. The van der Waals surface area contributed by atoms with Crippen LogP contribution in [0.5, 0.6) is 5.75 Å². The van der Waals surface area contributed by atoms with Crippen molar-refractivity contribution < 1.29 is 9.66 Å². The summed E-state index contributed by atoms with van der Waals surface area (Å²) in [5, 5.41) is 14.4. The van der Waals surface area contributed by atoms with Gasteiger partial charge in [0.25, 0.3) is 0 Å². The summed E-state index contributed by atoms with van der Waals surface area (Å²) in [5.74, 6) is 0.614. The lowest BCUT2D eigenvalue weighted by Gasteiger charge is -2.10. The molecule has 0 atom stereocenters. The highest BCUT2D eigenvalue weighted by Gasteiger charge is 2.19. The normalized spacial score (nSPS) is 10.2. The van der Waals surface area contributed by atoms with E-state index in [4.69, 9.17) is 27.9 Å². The molecule has 0 saturated carbocycles. The van der Waals surface area contributed by atoms with Gasteiger partial charge in [0.1, 0.15) is 12.4 Å². The van der Waals surface area contributed by atoms with Crippen molar-refractivity contribution in [2.75, 3.05) is 12.4 Å². The molecule has 1 N–H and O–H groups in total. The Bertz CT molecular complexity index is 680. The molecule has 0 unspecified atom stereocenters. The molecule has 0 bridgehead atoms. The van der Waals surface area contributed by atoms with Gasteiger partial charge in [0.05, 0.1) is 20.7 Å². The Hall–Kier alpha value is -2.05. The second kappa shape index (κ2) is 6.60. The number of benzene rings is 1. The fraction of sp³-hybridized carbons (Fsp3) is 0.154. The summed E-state index contributed by atoms with van der Waals surface area (Å²) in [5.41, 5.74) is 0.251. The molecule has 0 aliphatic carbocycles. The Morgan fingerprint density at radius 3 is 2.71 bits per heavy atom. The van der Waals surface area contributed by atoms with E-state index >= 15 is 0 Å². The van der Waals surface area contributed by atoms with Crippen molar-refractivity contribution >= 4 is 34.7 Å². The molecule has 0 aliphatic rings. The Balaban J connectivity index is 2.26. The molecule has 6 nitrogen and oxygen atoms in total. The van der Waals surface area contributed by atoms with Crippen molar-refractivity contribution in [1.29, 1.82) is 0 Å². The number of hydrogen-bond acceptors (Lipinski definition) is 5. The molecule has 1 heterocycles. The molecule has 2 aromatic rings. The summed E-state index contributed by atoms with van der Waals surface area (Å²) in [4.78, 5) is 14.6. The van der Waals surface area contributed by atoms with Crippen molar-refractivity contribution in [3.8, 4) is 5.75 Å². The van der Waals surface area contributed by atoms with Crippen molar-refractivity contribution in [3.63, 3.8) is 0 Å². The number of aromatic nitrogens is 1. The highest BCUT2D eigenvalue weighted by molar-refractivity contribution is 6.32. The van der Waals surface area contributed by atoms with E-state index in [1.807, 2.05) is 0 Å². The standard InChI is InChI=1S/C13H11Cl2N3O3/c1-16-12-6-5-8(14)10(17-12)7-21-13-9(15)3-2-4-11(13)18(19)20/h2-6H,7H2,1H3,(H,16,17). The quantitative estimate of drug-likeness (QED) is 0.665. The van der Waals surface area contributed by atoms with E-state index < -0.39 is 4.92 Å². The first-order chi connectivity index (χ1) is 10.0. The molecular formula is C13H11Cl2N3O3. The van der Waals surface area contributed by atoms with Crippen LogP contribution < -0.4 is 10.1 Å². The van der Waals surface area contributed by atoms with E-state index in [-0.39, 0.29) is 23.1 Å². The molecule has 21 heavy (non-hydrogen) atoms. The monoisotopic (exact) mass is 327 g/mol. The lowest BCUT2D eigenvalue weighted by Crippen LogP contribution is -2.04. The number of nitrogens with one attached hydrogen (secondary N) is 1. The molecule has 0 saturated heterocycles. The highest BCUT2D eigenvalue weighted by Crippen LogP contribution is 2.35. The van der Waals surface area contributed by atoms with Gasteiger partial charge in [-0.15, -0.1) is 0 Å². The summed E-state index contributed by atoms with van der Waals surface area (Å²) in [6, 6.07) is 7.70. The van der Waals surface area contributed by atoms with Gasteiger partial charge in [0.2, 0.25) is 5.75 Å². The molecule has 2 rings (SSSR count). The maximum Gasteiger partial charge on any atom is 0.312 e. The maximum absolute atomic E-state index is 11.0. The summed E-state index contributed by atoms with van der Waals surface area (Å²) >= 11 is 12.0. The topological polar surface area (TPSA) is 77.3 Å². The molecule has 1 aromatic carbocycles. The number of nitrogens with zero attached hydrogens (tertiary/aromatic N) is 2. The summed E-state index contributed by atoms with van der Waals surface area (Å²) in [6.07, 6.45) is 0. The van der Waals surface area contributed by atoms with Crippen molar-refractivity contribution in [2.45, 2.75) is 6.61 Å². The second-order valence-corrected chi connectivity index (χ2v) is 4.82. The SMILES string of the molecule is CNc1ccc(Cl)c(COc2c(Cl)cccc2[N+](=O)[O-])n1. The summed E-state index contributed by atoms with van der Waals surface area (Å²) in [7, 11) is 1.72. The van der Waals surface area contributed by atoms with E-state index in [1.165, 1.54) is 18.2 Å². The molecule has 8 heteroatoms. The van der Waals surface area contributed by atoms with Gasteiger partial charge in [-0.3, -0.25) is 10.1 Å². The average Bonchev–Trinajstić information content (AvgIpc) is 2.47. The van der Waals surface area contributed by atoms with Crippen molar-refractivity contribution in [1.82, 2.24) is 4.98 Å². The number of hydrogen-bond donors (Lipinski definition) is 1. The smallest absolute Gasteiger partial charge is 0.312 e. The van der Waals surface area contributed by atoms with Crippen LogP contribution in [0.1, 0.15) is 5.69 Å². The number of rotatable bonds is 5. The van der Waals surface area contributed by atoms with Gasteiger partial charge < -0.3 is 10.1 Å². The first-order valence-corrected chi connectivity index (χ1v) is 6.67. The van der Waals surface area contributed by atoms with Gasteiger partial charge in [0.15, 0.2) is 0 Å². The Kier molecular flexibility index (Phi) is 4.82. The van der Waals surface area contributed by atoms with Gasteiger partial charge in [-0.1, -0.05) is 29.3 Å². The molecule has 0 aliphatic heterocycles. The zero-order chi connectivity index (χ0) is 15.4. The third-order valence-electron chi connectivity index (χ3n) is 2.67. The number of para-hydroxylation sites is 1. The Morgan fingerprint density at radius 2 is 2.05 bits per heavy atom. The minimum atomic E-state index is -0.555. The number of anilines is 1. The third-order valence-corrected chi connectivity index (χ3v) is 3.31. The van der Waals surface area contributed by atoms with Crippen LogP contribution in [0.4, 0.5) is 11.5 Å². The first-order valence-electron chi connectivity index (χ1n) is 5.91. The van der Waals surface area contributed by atoms with Crippen LogP contribution in [0.3, 0.4) is 0 Å². The highest BCUT2D eigenvalue weighted by atomic mass is 35.5. The van der Waals surface area contributed by atoms with Gasteiger partial charge in [0, 0.05) is 13.1 Å². The molecular weight excluding hydrogens is 317 g/mol. The number of halogens is 2. The maximum atomic E-state index is 11.0. The van der Waals surface area contributed by atoms with Crippen LogP contribution in [0.2, 0.25) is 10.0 Å². The van der Waals surface area contributed by atoms with Gasteiger partial charge in [-0.2, -0.15) is 0 Å². The van der Waals surface area contributed by atoms with E-state index in [1.54, 1.807) is 19.2 Å². The Labute approximate surface area is 130 Å². The molecule has 110 valence electrons. The first kappa shape index (κ1) is 15.3.